The fourth-order valence-electron chi connectivity index (χ4n) is 2.02. The Hall–Kier alpha value is -1.58. The normalized spacial score (nSPS) is 15.1. The van der Waals surface area contributed by atoms with E-state index in [2.05, 4.69) is 16.3 Å². The number of hydrogen-bond acceptors (Lipinski definition) is 5. The maximum absolute atomic E-state index is 11.3. The molecular weight excluding hydrogens is 236 g/mol. The lowest BCUT2D eigenvalue weighted by Crippen LogP contribution is -2.38. The molecule has 2 heterocycles. The van der Waals surface area contributed by atoms with Crippen molar-refractivity contribution in [2.24, 2.45) is 0 Å². The third-order valence-corrected chi connectivity index (χ3v) is 3.97. The highest BCUT2D eigenvalue weighted by atomic mass is 32.1. The smallest absolute Gasteiger partial charge is 0.233 e. The molecule has 0 aliphatic carbocycles. The number of carbonyl (C=O) groups excluding carboxylic acids is 1. The first-order valence-corrected chi connectivity index (χ1v) is 6.20. The molecule has 0 saturated carbocycles. The SMILES string of the molecule is CNC(=O)CN1CCc2c(sc(N)c2C#N)C1. The molecule has 1 aromatic rings. The van der Waals surface area contributed by atoms with Gasteiger partial charge < -0.3 is 11.1 Å². The summed E-state index contributed by atoms with van der Waals surface area (Å²) < 4.78 is 0. The van der Waals surface area contributed by atoms with Crippen molar-refractivity contribution in [2.45, 2.75) is 13.0 Å². The van der Waals surface area contributed by atoms with Gasteiger partial charge in [0.25, 0.3) is 0 Å². The number of fused-ring (bicyclic) bond motifs is 1. The molecule has 0 spiro atoms. The van der Waals surface area contributed by atoms with Crippen LogP contribution >= 0.6 is 11.3 Å². The Balaban J connectivity index is 2.15. The van der Waals surface area contributed by atoms with E-state index >= 15 is 0 Å². The van der Waals surface area contributed by atoms with Crippen LogP contribution in [-0.2, 0) is 17.8 Å². The number of carbonyl (C=O) groups is 1. The van der Waals surface area contributed by atoms with Crippen LogP contribution in [0.1, 0.15) is 16.0 Å². The standard InChI is InChI=1S/C11H14N4OS/c1-14-10(16)6-15-3-2-7-8(4-12)11(13)17-9(7)5-15/h2-3,5-6,13H2,1H3,(H,14,16). The molecule has 0 saturated heterocycles. The van der Waals surface area contributed by atoms with Gasteiger partial charge in [-0.2, -0.15) is 5.26 Å². The summed E-state index contributed by atoms with van der Waals surface area (Å²) in [6.45, 7) is 1.90. The van der Waals surface area contributed by atoms with E-state index in [0.29, 0.717) is 23.7 Å². The van der Waals surface area contributed by atoms with E-state index in [-0.39, 0.29) is 5.91 Å². The third kappa shape index (κ3) is 2.25. The second kappa shape index (κ2) is 4.73. The fourth-order valence-corrected chi connectivity index (χ4v) is 3.13. The summed E-state index contributed by atoms with van der Waals surface area (Å²) in [4.78, 5) is 14.5. The number of nitrogens with zero attached hydrogens (tertiary/aromatic N) is 2. The van der Waals surface area contributed by atoms with Crippen LogP contribution in [0.3, 0.4) is 0 Å². The van der Waals surface area contributed by atoms with E-state index in [4.69, 9.17) is 11.0 Å². The first kappa shape index (κ1) is 11.9. The maximum atomic E-state index is 11.3. The van der Waals surface area contributed by atoms with Gasteiger partial charge in [0.2, 0.25) is 5.91 Å². The Kier molecular flexibility index (Phi) is 3.31. The van der Waals surface area contributed by atoms with Crippen LogP contribution < -0.4 is 11.1 Å². The molecule has 1 aliphatic rings. The number of anilines is 1. The molecule has 5 nitrogen and oxygen atoms in total. The van der Waals surface area contributed by atoms with Crippen LogP contribution in [0.2, 0.25) is 0 Å². The molecule has 1 amide bonds. The summed E-state index contributed by atoms with van der Waals surface area (Å²) in [5.74, 6) is 0.0125. The number of nitriles is 1. The predicted octanol–water partition coefficient (Wildman–Crippen LogP) is 0.306. The molecule has 6 heteroatoms. The number of likely N-dealkylation sites (N-methyl/N-ethyl adjacent to an activating group) is 1. The minimum absolute atomic E-state index is 0.0125. The van der Waals surface area contributed by atoms with Crippen LogP contribution in [0.4, 0.5) is 5.00 Å². The van der Waals surface area contributed by atoms with Gasteiger partial charge in [0.1, 0.15) is 11.1 Å². The van der Waals surface area contributed by atoms with Gasteiger partial charge in [-0.1, -0.05) is 0 Å². The lowest BCUT2D eigenvalue weighted by molar-refractivity contribution is -0.121. The average Bonchev–Trinajstić information content (AvgIpc) is 2.63. The lowest BCUT2D eigenvalue weighted by atomic mass is 10.0. The Labute approximate surface area is 104 Å². The van der Waals surface area contributed by atoms with Gasteiger partial charge in [-0.15, -0.1) is 11.3 Å². The highest BCUT2D eigenvalue weighted by Crippen LogP contribution is 2.34. The van der Waals surface area contributed by atoms with Crippen molar-refractivity contribution in [2.75, 3.05) is 25.9 Å². The molecule has 0 aromatic carbocycles. The van der Waals surface area contributed by atoms with E-state index in [1.54, 1.807) is 7.05 Å². The second-order valence-electron chi connectivity index (χ2n) is 3.99. The molecule has 1 aliphatic heterocycles. The van der Waals surface area contributed by atoms with Gasteiger partial charge in [0.05, 0.1) is 12.1 Å². The summed E-state index contributed by atoms with van der Waals surface area (Å²) in [5, 5.41) is 12.2. The van der Waals surface area contributed by atoms with E-state index in [9.17, 15) is 4.79 Å². The maximum Gasteiger partial charge on any atom is 0.233 e. The fraction of sp³-hybridized carbons (Fsp3) is 0.455. The van der Waals surface area contributed by atoms with Gasteiger partial charge in [0.15, 0.2) is 0 Å². The number of hydrogen-bond donors (Lipinski definition) is 2. The van der Waals surface area contributed by atoms with Crippen molar-refractivity contribution >= 4 is 22.2 Å². The molecular formula is C11H14N4OS. The Morgan fingerprint density at radius 1 is 1.71 bits per heavy atom. The minimum Gasteiger partial charge on any atom is -0.389 e. The van der Waals surface area contributed by atoms with Gasteiger partial charge in [0, 0.05) is 25.0 Å². The largest absolute Gasteiger partial charge is 0.389 e. The predicted molar refractivity (Wildman–Crippen MR) is 66.5 cm³/mol. The Morgan fingerprint density at radius 2 is 2.47 bits per heavy atom. The van der Waals surface area contributed by atoms with E-state index in [0.717, 1.165) is 23.4 Å². The van der Waals surface area contributed by atoms with Crippen molar-refractivity contribution < 1.29 is 4.79 Å². The quantitative estimate of drug-likeness (QED) is 0.791. The molecule has 3 N–H and O–H groups in total. The zero-order chi connectivity index (χ0) is 12.4. The van der Waals surface area contributed by atoms with Crippen LogP contribution in [0.25, 0.3) is 0 Å². The van der Waals surface area contributed by atoms with Crippen molar-refractivity contribution in [3.8, 4) is 6.07 Å². The first-order valence-electron chi connectivity index (χ1n) is 5.38. The van der Waals surface area contributed by atoms with Crippen molar-refractivity contribution in [3.05, 3.63) is 16.0 Å². The molecule has 17 heavy (non-hydrogen) atoms. The van der Waals surface area contributed by atoms with Gasteiger partial charge in [-0.3, -0.25) is 9.69 Å². The number of rotatable bonds is 2. The highest BCUT2D eigenvalue weighted by Gasteiger charge is 2.24. The summed E-state index contributed by atoms with van der Waals surface area (Å²) in [7, 11) is 1.63. The second-order valence-corrected chi connectivity index (χ2v) is 5.13. The minimum atomic E-state index is 0.0125. The van der Waals surface area contributed by atoms with Crippen LogP contribution in [0.15, 0.2) is 0 Å². The van der Waals surface area contributed by atoms with Gasteiger partial charge >= 0.3 is 0 Å². The number of amides is 1. The highest BCUT2D eigenvalue weighted by molar-refractivity contribution is 7.16. The topological polar surface area (TPSA) is 82.2 Å². The third-order valence-electron chi connectivity index (χ3n) is 2.92. The van der Waals surface area contributed by atoms with Crippen molar-refractivity contribution in [1.82, 2.24) is 10.2 Å². The molecule has 90 valence electrons. The van der Waals surface area contributed by atoms with Crippen molar-refractivity contribution in [1.29, 1.82) is 5.26 Å². The zero-order valence-corrected chi connectivity index (χ0v) is 10.4. The van der Waals surface area contributed by atoms with Gasteiger partial charge in [-0.25, -0.2) is 0 Å². The zero-order valence-electron chi connectivity index (χ0n) is 9.62. The molecule has 0 atom stereocenters. The number of nitrogen functional groups attached to an aromatic ring is 1. The average molecular weight is 250 g/mol. The molecule has 0 bridgehead atoms. The number of nitrogens with one attached hydrogen (secondary N) is 1. The van der Waals surface area contributed by atoms with E-state index < -0.39 is 0 Å². The molecule has 0 unspecified atom stereocenters. The molecule has 0 radical (unpaired) electrons. The summed E-state index contributed by atoms with van der Waals surface area (Å²) in [6.07, 6.45) is 0.795. The Morgan fingerprint density at radius 3 is 3.12 bits per heavy atom. The van der Waals surface area contributed by atoms with Crippen LogP contribution in [0.5, 0.6) is 0 Å². The van der Waals surface area contributed by atoms with Crippen LogP contribution in [0, 0.1) is 11.3 Å². The van der Waals surface area contributed by atoms with Crippen molar-refractivity contribution in [3.63, 3.8) is 0 Å². The lowest BCUT2D eigenvalue weighted by Gasteiger charge is -2.25. The van der Waals surface area contributed by atoms with Gasteiger partial charge in [-0.05, 0) is 12.0 Å². The molecule has 1 aromatic heterocycles. The van der Waals surface area contributed by atoms with E-state index in [1.807, 2.05) is 0 Å². The molecule has 2 rings (SSSR count). The molecule has 0 fully saturated rings. The Bertz CT molecular complexity index is 488. The van der Waals surface area contributed by atoms with E-state index in [1.165, 1.54) is 11.3 Å². The summed E-state index contributed by atoms with van der Waals surface area (Å²) in [6, 6.07) is 2.16. The number of nitrogens with two attached hydrogens (primary N) is 1. The first-order chi connectivity index (χ1) is 8.15. The number of thiophene rings is 1. The summed E-state index contributed by atoms with van der Waals surface area (Å²) in [5.41, 5.74) is 7.50. The van der Waals surface area contributed by atoms with Crippen LogP contribution in [-0.4, -0.2) is 30.9 Å². The monoisotopic (exact) mass is 250 g/mol. The summed E-state index contributed by atoms with van der Waals surface area (Å²) >= 11 is 1.46.